The van der Waals surface area contributed by atoms with E-state index < -0.39 is 0 Å². The van der Waals surface area contributed by atoms with Gasteiger partial charge in [0, 0.05) is 19.5 Å². The van der Waals surface area contributed by atoms with Gasteiger partial charge in [-0.25, -0.2) is 0 Å². The molecule has 1 saturated heterocycles. The number of piperidine rings is 1. The van der Waals surface area contributed by atoms with Crippen LogP contribution < -0.4 is 0 Å². The van der Waals surface area contributed by atoms with Gasteiger partial charge in [-0.3, -0.25) is 4.90 Å². The van der Waals surface area contributed by atoms with Crippen molar-refractivity contribution in [2.24, 2.45) is 7.05 Å². The predicted molar refractivity (Wildman–Crippen MR) is 79.9 cm³/mol. The van der Waals surface area contributed by atoms with Gasteiger partial charge in [0.25, 0.3) is 0 Å². The number of rotatable bonds is 6. The Bertz CT molecular complexity index is 445. The standard InChI is InChI=1S/C14H27N5O2/c1-17(2)8-13-15-16-14(18(13)3)11-5-4-6-19(7-11)12(9-20)10-21/h11-12,20-21H,4-10H2,1-3H3/t11-/m1/s1. The Balaban J connectivity index is 2.09. The summed E-state index contributed by atoms with van der Waals surface area (Å²) in [4.78, 5) is 4.24. The Hall–Kier alpha value is -1.02. The van der Waals surface area contributed by atoms with Crippen molar-refractivity contribution in [3.63, 3.8) is 0 Å². The summed E-state index contributed by atoms with van der Waals surface area (Å²) in [5.74, 6) is 2.28. The van der Waals surface area contributed by atoms with Crippen LogP contribution in [0.2, 0.25) is 0 Å². The van der Waals surface area contributed by atoms with Crippen molar-refractivity contribution in [3.05, 3.63) is 11.6 Å². The van der Waals surface area contributed by atoms with Crippen LogP contribution in [0.3, 0.4) is 0 Å². The quantitative estimate of drug-likeness (QED) is 0.731. The van der Waals surface area contributed by atoms with Gasteiger partial charge in [0.1, 0.15) is 11.6 Å². The number of aliphatic hydroxyl groups excluding tert-OH is 2. The van der Waals surface area contributed by atoms with Gasteiger partial charge >= 0.3 is 0 Å². The van der Waals surface area contributed by atoms with Crippen molar-refractivity contribution in [2.45, 2.75) is 31.3 Å². The molecule has 0 spiro atoms. The van der Waals surface area contributed by atoms with Crippen LogP contribution in [0.25, 0.3) is 0 Å². The molecule has 0 saturated carbocycles. The van der Waals surface area contributed by atoms with E-state index in [-0.39, 0.29) is 19.3 Å². The molecular formula is C14H27N5O2. The molecule has 2 rings (SSSR count). The van der Waals surface area contributed by atoms with Gasteiger partial charge < -0.3 is 19.7 Å². The summed E-state index contributed by atoms with van der Waals surface area (Å²) in [5.41, 5.74) is 0. The zero-order chi connectivity index (χ0) is 15.4. The third-order valence-electron chi connectivity index (χ3n) is 4.21. The predicted octanol–water partition coefficient (Wildman–Crippen LogP) is -0.591. The van der Waals surface area contributed by atoms with Gasteiger partial charge in [-0.05, 0) is 33.5 Å². The van der Waals surface area contributed by atoms with Crippen LogP contribution >= 0.6 is 0 Å². The molecule has 0 aliphatic carbocycles. The van der Waals surface area contributed by atoms with E-state index in [2.05, 4.69) is 24.6 Å². The second-order valence-corrected chi connectivity index (χ2v) is 6.12. The van der Waals surface area contributed by atoms with Crippen molar-refractivity contribution in [2.75, 3.05) is 40.4 Å². The fraction of sp³-hybridized carbons (Fsp3) is 0.857. The Kier molecular flexibility index (Phi) is 5.69. The molecule has 7 nitrogen and oxygen atoms in total. The molecule has 0 unspecified atom stereocenters. The lowest BCUT2D eigenvalue weighted by atomic mass is 9.96. The van der Waals surface area contributed by atoms with E-state index in [4.69, 9.17) is 0 Å². The van der Waals surface area contributed by atoms with Crippen LogP contribution in [0, 0.1) is 0 Å². The number of hydrogen-bond acceptors (Lipinski definition) is 6. The third kappa shape index (κ3) is 3.79. The van der Waals surface area contributed by atoms with Crippen LogP contribution in [-0.2, 0) is 13.6 Å². The largest absolute Gasteiger partial charge is 0.395 e. The Morgan fingerprint density at radius 2 is 2.00 bits per heavy atom. The van der Waals surface area contributed by atoms with Gasteiger partial charge in [-0.1, -0.05) is 0 Å². The summed E-state index contributed by atoms with van der Waals surface area (Å²) in [6.07, 6.45) is 2.13. The molecule has 0 aromatic carbocycles. The maximum absolute atomic E-state index is 9.35. The Labute approximate surface area is 126 Å². The molecule has 1 aromatic heterocycles. The molecule has 1 atom stereocenters. The minimum atomic E-state index is -0.165. The first-order valence-electron chi connectivity index (χ1n) is 7.55. The van der Waals surface area contributed by atoms with Crippen molar-refractivity contribution >= 4 is 0 Å². The summed E-state index contributed by atoms with van der Waals surface area (Å²) in [5, 5.41) is 27.4. The number of aromatic nitrogens is 3. The SMILES string of the molecule is CN(C)Cc1nnc([C@@H]2CCCN(C(CO)CO)C2)n1C. The molecule has 2 N–H and O–H groups in total. The lowest BCUT2D eigenvalue weighted by Gasteiger charge is -2.36. The van der Waals surface area contributed by atoms with E-state index in [1.54, 1.807) is 0 Å². The van der Waals surface area contributed by atoms with Crippen molar-refractivity contribution in [1.82, 2.24) is 24.6 Å². The third-order valence-corrected chi connectivity index (χ3v) is 4.21. The van der Waals surface area contributed by atoms with Crippen LogP contribution in [0.4, 0.5) is 0 Å². The molecule has 1 aliphatic rings. The fourth-order valence-electron chi connectivity index (χ4n) is 2.99. The van der Waals surface area contributed by atoms with Gasteiger partial charge in [0.2, 0.25) is 0 Å². The van der Waals surface area contributed by atoms with Crippen LogP contribution in [0.1, 0.15) is 30.4 Å². The van der Waals surface area contributed by atoms with E-state index in [0.717, 1.165) is 44.1 Å². The molecule has 7 heteroatoms. The Morgan fingerprint density at radius 3 is 2.62 bits per heavy atom. The molecule has 0 radical (unpaired) electrons. The highest BCUT2D eigenvalue weighted by atomic mass is 16.3. The molecule has 120 valence electrons. The van der Waals surface area contributed by atoms with Crippen molar-refractivity contribution in [1.29, 1.82) is 0 Å². The Morgan fingerprint density at radius 1 is 1.29 bits per heavy atom. The lowest BCUT2D eigenvalue weighted by Crippen LogP contribution is -2.46. The average molecular weight is 297 g/mol. The van der Waals surface area contributed by atoms with E-state index in [0.29, 0.717) is 5.92 Å². The van der Waals surface area contributed by atoms with Crippen molar-refractivity contribution < 1.29 is 10.2 Å². The maximum atomic E-state index is 9.35. The molecule has 1 aliphatic heterocycles. The molecular weight excluding hydrogens is 270 g/mol. The highest BCUT2D eigenvalue weighted by molar-refractivity contribution is 5.04. The summed E-state index contributed by atoms with van der Waals surface area (Å²) in [6.45, 7) is 2.50. The number of likely N-dealkylation sites (tertiary alicyclic amines) is 1. The van der Waals surface area contributed by atoms with Crippen LogP contribution in [0.15, 0.2) is 0 Å². The monoisotopic (exact) mass is 297 g/mol. The van der Waals surface area contributed by atoms with Crippen LogP contribution in [-0.4, -0.2) is 81.2 Å². The number of nitrogens with zero attached hydrogens (tertiary/aromatic N) is 5. The molecule has 0 amide bonds. The summed E-state index contributed by atoms with van der Waals surface area (Å²) in [7, 11) is 6.05. The van der Waals surface area contributed by atoms with Crippen molar-refractivity contribution in [3.8, 4) is 0 Å². The minimum absolute atomic E-state index is 0.00604. The topological polar surface area (TPSA) is 77.7 Å². The summed E-state index contributed by atoms with van der Waals surface area (Å²) >= 11 is 0. The zero-order valence-corrected chi connectivity index (χ0v) is 13.2. The van der Waals surface area contributed by atoms with Crippen LogP contribution in [0.5, 0.6) is 0 Å². The minimum Gasteiger partial charge on any atom is -0.395 e. The second-order valence-electron chi connectivity index (χ2n) is 6.12. The normalized spacial score (nSPS) is 20.6. The zero-order valence-electron chi connectivity index (χ0n) is 13.2. The highest BCUT2D eigenvalue weighted by Gasteiger charge is 2.29. The van der Waals surface area contributed by atoms with Gasteiger partial charge in [0.05, 0.1) is 25.8 Å². The van der Waals surface area contributed by atoms with E-state index >= 15 is 0 Å². The second kappa shape index (κ2) is 7.31. The molecule has 2 heterocycles. The first-order chi connectivity index (χ1) is 10.1. The number of aliphatic hydroxyl groups is 2. The summed E-state index contributed by atoms with van der Waals surface area (Å²) in [6, 6.07) is -0.165. The molecule has 0 bridgehead atoms. The maximum Gasteiger partial charge on any atom is 0.146 e. The lowest BCUT2D eigenvalue weighted by molar-refractivity contribution is 0.0537. The number of hydrogen-bond donors (Lipinski definition) is 2. The molecule has 1 aromatic rings. The highest BCUT2D eigenvalue weighted by Crippen LogP contribution is 2.26. The first-order valence-corrected chi connectivity index (χ1v) is 7.55. The smallest absolute Gasteiger partial charge is 0.146 e. The van der Waals surface area contributed by atoms with E-state index in [9.17, 15) is 10.2 Å². The average Bonchev–Trinajstić information content (AvgIpc) is 2.81. The van der Waals surface area contributed by atoms with Gasteiger partial charge in [0.15, 0.2) is 0 Å². The van der Waals surface area contributed by atoms with E-state index in [1.807, 2.05) is 21.1 Å². The molecule has 1 fully saturated rings. The molecule has 21 heavy (non-hydrogen) atoms. The van der Waals surface area contributed by atoms with Gasteiger partial charge in [-0.2, -0.15) is 0 Å². The van der Waals surface area contributed by atoms with Gasteiger partial charge in [-0.15, -0.1) is 10.2 Å². The van der Waals surface area contributed by atoms with E-state index in [1.165, 1.54) is 0 Å². The summed E-state index contributed by atoms with van der Waals surface area (Å²) < 4.78 is 2.08. The first kappa shape index (κ1) is 16.4. The fourth-order valence-corrected chi connectivity index (χ4v) is 2.99.